The SMILES string of the molecule is O=C(O)CNC(=O)CNC(=O)NC1CCS(=O)CC1. The van der Waals surface area contributed by atoms with Gasteiger partial charge < -0.3 is 21.1 Å². The second-order valence-electron chi connectivity index (χ2n) is 4.12. The number of carbonyl (C=O) groups is 3. The van der Waals surface area contributed by atoms with Crippen LogP contribution in [-0.2, 0) is 20.4 Å². The van der Waals surface area contributed by atoms with Crippen molar-refractivity contribution in [1.29, 1.82) is 0 Å². The first-order chi connectivity index (χ1) is 8.97. The van der Waals surface area contributed by atoms with E-state index >= 15 is 0 Å². The van der Waals surface area contributed by atoms with Crippen molar-refractivity contribution in [1.82, 2.24) is 16.0 Å². The van der Waals surface area contributed by atoms with Crippen molar-refractivity contribution in [2.45, 2.75) is 18.9 Å². The smallest absolute Gasteiger partial charge is 0.322 e. The van der Waals surface area contributed by atoms with Crippen molar-refractivity contribution >= 4 is 28.7 Å². The average Bonchev–Trinajstić information content (AvgIpc) is 2.36. The fourth-order valence-corrected chi connectivity index (χ4v) is 2.87. The molecule has 0 spiro atoms. The maximum Gasteiger partial charge on any atom is 0.322 e. The van der Waals surface area contributed by atoms with E-state index in [-0.39, 0.29) is 12.6 Å². The number of urea groups is 1. The molecule has 0 aromatic carbocycles. The highest BCUT2D eigenvalue weighted by Gasteiger charge is 2.19. The number of hydrogen-bond acceptors (Lipinski definition) is 4. The zero-order valence-electron chi connectivity index (χ0n) is 10.3. The van der Waals surface area contributed by atoms with Crippen LogP contribution < -0.4 is 16.0 Å². The van der Waals surface area contributed by atoms with Crippen LogP contribution in [0.5, 0.6) is 0 Å². The lowest BCUT2D eigenvalue weighted by Gasteiger charge is -2.22. The largest absolute Gasteiger partial charge is 0.480 e. The number of nitrogens with one attached hydrogen (secondary N) is 3. The summed E-state index contributed by atoms with van der Waals surface area (Å²) >= 11 is 0. The second kappa shape index (κ2) is 7.72. The van der Waals surface area contributed by atoms with Crippen LogP contribution in [0.25, 0.3) is 0 Å². The molecule has 0 unspecified atom stereocenters. The first-order valence-corrected chi connectivity index (χ1v) is 7.34. The van der Waals surface area contributed by atoms with Gasteiger partial charge in [-0.05, 0) is 12.8 Å². The summed E-state index contributed by atoms with van der Waals surface area (Å²) in [5.41, 5.74) is 0. The molecule has 0 radical (unpaired) electrons. The molecule has 1 aliphatic rings. The van der Waals surface area contributed by atoms with Gasteiger partial charge in [0.1, 0.15) is 6.54 Å². The van der Waals surface area contributed by atoms with Crippen LogP contribution in [0.15, 0.2) is 0 Å². The molecule has 0 aliphatic carbocycles. The van der Waals surface area contributed by atoms with E-state index in [0.29, 0.717) is 24.3 Å². The summed E-state index contributed by atoms with van der Waals surface area (Å²) in [7, 11) is -0.785. The number of rotatable bonds is 5. The highest BCUT2D eigenvalue weighted by atomic mass is 32.2. The zero-order chi connectivity index (χ0) is 14.3. The van der Waals surface area contributed by atoms with Crippen LogP contribution in [0.1, 0.15) is 12.8 Å². The fourth-order valence-electron chi connectivity index (χ4n) is 1.57. The predicted octanol–water partition coefficient (Wildman–Crippen LogP) is -1.60. The Labute approximate surface area is 112 Å². The van der Waals surface area contributed by atoms with E-state index in [1.807, 2.05) is 0 Å². The van der Waals surface area contributed by atoms with E-state index in [1.165, 1.54) is 0 Å². The summed E-state index contributed by atoms with van der Waals surface area (Å²) in [6, 6.07) is -0.511. The summed E-state index contributed by atoms with van der Waals surface area (Å²) in [4.78, 5) is 32.8. The molecule has 0 saturated carbocycles. The Kier molecular flexibility index (Phi) is 6.26. The van der Waals surface area contributed by atoms with E-state index in [1.54, 1.807) is 0 Å². The van der Waals surface area contributed by atoms with Crippen LogP contribution in [0.3, 0.4) is 0 Å². The van der Waals surface area contributed by atoms with Crippen molar-refractivity contribution in [2.24, 2.45) is 0 Å². The summed E-state index contributed by atoms with van der Waals surface area (Å²) < 4.78 is 11.1. The van der Waals surface area contributed by atoms with Gasteiger partial charge in [-0.25, -0.2) is 4.79 Å². The molecule has 0 aromatic heterocycles. The van der Waals surface area contributed by atoms with Gasteiger partial charge in [-0.1, -0.05) is 0 Å². The van der Waals surface area contributed by atoms with Gasteiger partial charge in [0.05, 0.1) is 6.54 Å². The Balaban J connectivity index is 2.15. The molecule has 0 bridgehead atoms. The van der Waals surface area contributed by atoms with E-state index in [0.717, 1.165) is 0 Å². The molecule has 9 heteroatoms. The molecule has 3 amide bonds. The topological polar surface area (TPSA) is 125 Å². The quantitative estimate of drug-likeness (QED) is 0.485. The standard InChI is InChI=1S/C10H17N3O5S/c14-8(11-6-9(15)16)5-12-10(17)13-7-1-3-19(18)4-2-7/h7H,1-6H2,(H,11,14)(H,15,16)(H2,12,13,17). The molecule has 8 nitrogen and oxygen atoms in total. The molecule has 19 heavy (non-hydrogen) atoms. The number of aliphatic carboxylic acids is 1. The van der Waals surface area contributed by atoms with Crippen molar-refractivity contribution < 1.29 is 23.7 Å². The van der Waals surface area contributed by atoms with Crippen LogP contribution in [0, 0.1) is 0 Å². The Morgan fingerprint density at radius 2 is 1.74 bits per heavy atom. The van der Waals surface area contributed by atoms with Gasteiger partial charge >= 0.3 is 12.0 Å². The maximum atomic E-state index is 11.4. The van der Waals surface area contributed by atoms with Gasteiger partial charge in [0.15, 0.2) is 0 Å². The van der Waals surface area contributed by atoms with Gasteiger partial charge in [-0.3, -0.25) is 13.8 Å². The van der Waals surface area contributed by atoms with Crippen molar-refractivity contribution in [3.63, 3.8) is 0 Å². The third kappa shape index (κ3) is 6.75. The summed E-state index contributed by atoms with van der Waals surface area (Å²) in [6.07, 6.45) is 1.32. The van der Waals surface area contributed by atoms with Crippen LogP contribution in [-0.4, -0.2) is 57.9 Å². The molecule has 1 aliphatic heterocycles. The van der Waals surface area contributed by atoms with E-state index in [9.17, 15) is 18.6 Å². The Bertz CT molecular complexity index is 377. The third-order valence-corrected chi connectivity index (χ3v) is 3.95. The lowest BCUT2D eigenvalue weighted by molar-refractivity contribution is -0.137. The number of hydrogen-bond donors (Lipinski definition) is 4. The normalized spacial score (nSPS) is 22.3. The molecular formula is C10H17N3O5S. The number of carbonyl (C=O) groups excluding carboxylic acids is 2. The Morgan fingerprint density at radius 3 is 2.32 bits per heavy atom. The van der Waals surface area contributed by atoms with Crippen LogP contribution in [0.2, 0.25) is 0 Å². The summed E-state index contributed by atoms with van der Waals surface area (Å²) in [5, 5.41) is 15.5. The first kappa shape index (κ1) is 15.4. The van der Waals surface area contributed by atoms with Crippen LogP contribution in [0.4, 0.5) is 4.79 Å². The molecular weight excluding hydrogens is 274 g/mol. The van der Waals surface area contributed by atoms with Gasteiger partial charge in [-0.15, -0.1) is 0 Å². The van der Waals surface area contributed by atoms with Gasteiger partial charge in [0.2, 0.25) is 5.91 Å². The second-order valence-corrected chi connectivity index (χ2v) is 5.82. The summed E-state index contributed by atoms with van der Waals surface area (Å²) in [6.45, 7) is -0.756. The number of carboxylic acids is 1. The van der Waals surface area contributed by atoms with E-state index in [2.05, 4.69) is 16.0 Å². The minimum absolute atomic E-state index is 0.0280. The van der Waals surface area contributed by atoms with Gasteiger partial charge in [-0.2, -0.15) is 0 Å². The monoisotopic (exact) mass is 291 g/mol. The molecule has 4 N–H and O–H groups in total. The molecule has 1 heterocycles. The average molecular weight is 291 g/mol. The minimum Gasteiger partial charge on any atom is -0.480 e. The fraction of sp³-hybridized carbons (Fsp3) is 0.700. The highest BCUT2D eigenvalue weighted by molar-refractivity contribution is 7.85. The Morgan fingerprint density at radius 1 is 1.11 bits per heavy atom. The van der Waals surface area contributed by atoms with Crippen molar-refractivity contribution in [3.8, 4) is 0 Å². The predicted molar refractivity (Wildman–Crippen MR) is 68.1 cm³/mol. The minimum atomic E-state index is -1.15. The lowest BCUT2D eigenvalue weighted by atomic mass is 10.2. The van der Waals surface area contributed by atoms with E-state index in [4.69, 9.17) is 5.11 Å². The van der Waals surface area contributed by atoms with Crippen LogP contribution >= 0.6 is 0 Å². The van der Waals surface area contributed by atoms with Gasteiger partial charge in [0, 0.05) is 28.3 Å². The molecule has 0 atom stereocenters. The van der Waals surface area contributed by atoms with Crippen molar-refractivity contribution in [2.75, 3.05) is 24.6 Å². The molecule has 1 fully saturated rings. The zero-order valence-corrected chi connectivity index (χ0v) is 11.1. The maximum absolute atomic E-state index is 11.4. The summed E-state index contributed by atoms with van der Waals surface area (Å²) in [5.74, 6) is -0.566. The highest BCUT2D eigenvalue weighted by Crippen LogP contribution is 2.08. The molecule has 108 valence electrons. The van der Waals surface area contributed by atoms with Crippen molar-refractivity contribution in [3.05, 3.63) is 0 Å². The molecule has 0 aromatic rings. The van der Waals surface area contributed by atoms with E-state index < -0.39 is 35.3 Å². The molecule has 1 rings (SSSR count). The molecule has 1 saturated heterocycles. The Hall–Kier alpha value is -1.64. The van der Waals surface area contributed by atoms with Gasteiger partial charge in [0.25, 0.3) is 0 Å². The lowest BCUT2D eigenvalue weighted by Crippen LogP contribution is -2.47. The number of amides is 3. The first-order valence-electron chi connectivity index (χ1n) is 5.85. The third-order valence-electron chi connectivity index (χ3n) is 2.57. The number of carboxylic acid groups (broad SMARTS) is 1.